The van der Waals surface area contributed by atoms with Gasteiger partial charge in [0.05, 0.1) is 21.7 Å². The molecule has 0 amide bonds. The molecule has 2 N–H and O–H groups in total. The Bertz CT molecular complexity index is 829. The lowest BCUT2D eigenvalue weighted by atomic mass is 10.2. The van der Waals surface area contributed by atoms with Crippen LogP contribution in [0.3, 0.4) is 0 Å². The normalized spacial score (nSPS) is 10.9. The molecule has 6 heteroatoms. The smallest absolute Gasteiger partial charge is 0.337 e. The number of aromatic nitrogens is 2. The van der Waals surface area contributed by atoms with Crippen LogP contribution in [0.2, 0.25) is 5.02 Å². The predicted octanol–water partition coefficient (Wildman–Crippen LogP) is 3.72. The Balaban J connectivity index is 2.26. The van der Waals surface area contributed by atoms with E-state index in [0.29, 0.717) is 5.52 Å². The van der Waals surface area contributed by atoms with Crippen molar-refractivity contribution in [2.45, 2.75) is 0 Å². The highest BCUT2D eigenvalue weighted by Crippen LogP contribution is 2.28. The molecule has 0 bridgehead atoms. The minimum absolute atomic E-state index is 0.0126. The number of halogens is 2. The second-order valence-electron chi connectivity index (χ2n) is 4.19. The van der Waals surface area contributed by atoms with Crippen molar-refractivity contribution < 1.29 is 14.3 Å². The third kappa shape index (κ3) is 1.92. The molecule has 0 saturated carbocycles. The molecule has 0 aliphatic carbocycles. The van der Waals surface area contributed by atoms with E-state index in [1.165, 1.54) is 18.2 Å². The highest BCUT2D eigenvalue weighted by molar-refractivity contribution is 6.31. The lowest BCUT2D eigenvalue weighted by molar-refractivity contribution is 0.0699. The van der Waals surface area contributed by atoms with Crippen LogP contribution in [0.1, 0.15) is 10.4 Å². The van der Waals surface area contributed by atoms with Crippen LogP contribution in [0.25, 0.3) is 22.4 Å². The molecule has 2 aromatic carbocycles. The average Bonchev–Trinajstić information content (AvgIpc) is 2.84. The molecular formula is C14H8ClFN2O2. The number of benzene rings is 2. The van der Waals surface area contributed by atoms with Crippen LogP contribution in [0.15, 0.2) is 36.4 Å². The first-order valence-electron chi connectivity index (χ1n) is 5.74. The molecule has 0 fully saturated rings. The van der Waals surface area contributed by atoms with E-state index in [1.807, 2.05) is 0 Å². The summed E-state index contributed by atoms with van der Waals surface area (Å²) >= 11 is 5.73. The minimum Gasteiger partial charge on any atom is -0.478 e. The molecule has 1 aromatic heterocycles. The molecule has 0 aliphatic rings. The zero-order chi connectivity index (χ0) is 14.3. The van der Waals surface area contributed by atoms with Gasteiger partial charge in [-0.3, -0.25) is 0 Å². The van der Waals surface area contributed by atoms with E-state index < -0.39 is 11.8 Å². The van der Waals surface area contributed by atoms with Gasteiger partial charge < -0.3 is 10.1 Å². The average molecular weight is 291 g/mol. The number of para-hydroxylation sites is 1. The van der Waals surface area contributed by atoms with Gasteiger partial charge in [-0.05, 0) is 24.3 Å². The summed E-state index contributed by atoms with van der Waals surface area (Å²) < 4.78 is 14.0. The lowest BCUT2D eigenvalue weighted by Crippen LogP contribution is -1.96. The highest BCUT2D eigenvalue weighted by atomic mass is 35.5. The molecule has 20 heavy (non-hydrogen) atoms. The van der Waals surface area contributed by atoms with Crippen molar-refractivity contribution in [3.63, 3.8) is 0 Å². The van der Waals surface area contributed by atoms with Crippen molar-refractivity contribution in [2.75, 3.05) is 0 Å². The van der Waals surface area contributed by atoms with Crippen LogP contribution < -0.4 is 0 Å². The second-order valence-corrected chi connectivity index (χ2v) is 4.60. The van der Waals surface area contributed by atoms with Gasteiger partial charge in [0.1, 0.15) is 11.3 Å². The van der Waals surface area contributed by atoms with E-state index in [4.69, 9.17) is 16.7 Å². The summed E-state index contributed by atoms with van der Waals surface area (Å²) in [6.45, 7) is 0. The summed E-state index contributed by atoms with van der Waals surface area (Å²) in [7, 11) is 0. The third-order valence-corrected chi connectivity index (χ3v) is 3.24. The standard InChI is InChI=1S/C14H8ClFN2O2/c15-9-5-1-3-7(11(9)16)13-17-10-6-2-4-8(14(19)20)12(10)18-13/h1-6H,(H,17,18)(H,19,20). The number of nitrogens with zero attached hydrogens (tertiary/aromatic N) is 1. The van der Waals surface area contributed by atoms with Crippen LogP contribution >= 0.6 is 11.6 Å². The van der Waals surface area contributed by atoms with Crippen LogP contribution in [0.4, 0.5) is 4.39 Å². The quantitative estimate of drug-likeness (QED) is 0.756. The number of aromatic amines is 1. The number of fused-ring (bicyclic) bond motifs is 1. The molecule has 100 valence electrons. The maximum absolute atomic E-state index is 14.0. The third-order valence-electron chi connectivity index (χ3n) is 2.95. The first-order valence-corrected chi connectivity index (χ1v) is 6.12. The van der Waals surface area contributed by atoms with E-state index in [-0.39, 0.29) is 27.5 Å². The molecule has 3 aromatic rings. The Hall–Kier alpha value is -2.40. The van der Waals surface area contributed by atoms with E-state index in [0.717, 1.165) is 0 Å². The van der Waals surface area contributed by atoms with Gasteiger partial charge in [-0.2, -0.15) is 0 Å². The minimum atomic E-state index is -1.08. The topological polar surface area (TPSA) is 66.0 Å². The number of aromatic carboxylic acids is 1. The molecule has 0 saturated heterocycles. The fourth-order valence-corrected chi connectivity index (χ4v) is 2.19. The van der Waals surface area contributed by atoms with Gasteiger partial charge in [-0.15, -0.1) is 0 Å². The molecule has 0 unspecified atom stereocenters. The summed E-state index contributed by atoms with van der Waals surface area (Å²) in [6.07, 6.45) is 0. The van der Waals surface area contributed by atoms with Crippen molar-refractivity contribution in [1.29, 1.82) is 0 Å². The zero-order valence-electron chi connectivity index (χ0n) is 10.0. The van der Waals surface area contributed by atoms with Gasteiger partial charge >= 0.3 is 5.97 Å². The molecule has 0 spiro atoms. The first-order chi connectivity index (χ1) is 9.58. The second kappa shape index (κ2) is 4.61. The fraction of sp³-hybridized carbons (Fsp3) is 0. The molecule has 1 heterocycles. The van der Waals surface area contributed by atoms with Gasteiger partial charge in [0.2, 0.25) is 0 Å². The molecule has 0 radical (unpaired) electrons. The Morgan fingerprint density at radius 3 is 2.75 bits per heavy atom. The maximum Gasteiger partial charge on any atom is 0.337 e. The van der Waals surface area contributed by atoms with Gasteiger partial charge in [-0.1, -0.05) is 23.7 Å². The van der Waals surface area contributed by atoms with Gasteiger partial charge in [0.25, 0.3) is 0 Å². The SMILES string of the molecule is O=C(O)c1cccc2[nH]c(-c3cccc(Cl)c3F)nc12. The number of hydrogen-bond donors (Lipinski definition) is 2. The number of H-pyrrole nitrogens is 1. The predicted molar refractivity (Wildman–Crippen MR) is 73.5 cm³/mol. The van der Waals surface area contributed by atoms with Gasteiger partial charge in [0, 0.05) is 0 Å². The number of carboxylic acid groups (broad SMARTS) is 1. The Morgan fingerprint density at radius 1 is 1.25 bits per heavy atom. The number of nitrogens with one attached hydrogen (secondary N) is 1. The molecule has 4 nitrogen and oxygen atoms in total. The number of carboxylic acids is 1. The van der Waals surface area contributed by atoms with E-state index in [9.17, 15) is 9.18 Å². The van der Waals surface area contributed by atoms with Crippen LogP contribution in [-0.4, -0.2) is 21.0 Å². The van der Waals surface area contributed by atoms with E-state index >= 15 is 0 Å². The van der Waals surface area contributed by atoms with Gasteiger partial charge in [-0.25, -0.2) is 14.2 Å². The summed E-state index contributed by atoms with van der Waals surface area (Å²) in [4.78, 5) is 18.2. The van der Waals surface area contributed by atoms with Crippen molar-refractivity contribution in [3.8, 4) is 11.4 Å². The largest absolute Gasteiger partial charge is 0.478 e. The van der Waals surface area contributed by atoms with E-state index in [1.54, 1.807) is 18.2 Å². The van der Waals surface area contributed by atoms with Crippen molar-refractivity contribution >= 4 is 28.6 Å². The summed E-state index contributed by atoms with van der Waals surface area (Å²) in [6, 6.07) is 9.30. The Morgan fingerprint density at radius 2 is 2.00 bits per heavy atom. The van der Waals surface area contributed by atoms with Crippen LogP contribution in [-0.2, 0) is 0 Å². The van der Waals surface area contributed by atoms with E-state index in [2.05, 4.69) is 9.97 Å². The number of rotatable bonds is 2. The summed E-state index contributed by atoms with van der Waals surface area (Å²) in [5.41, 5.74) is 1.08. The van der Waals surface area contributed by atoms with Gasteiger partial charge in [0.15, 0.2) is 5.82 Å². The maximum atomic E-state index is 14.0. The van der Waals surface area contributed by atoms with Crippen molar-refractivity contribution in [1.82, 2.24) is 9.97 Å². The summed E-state index contributed by atoms with van der Waals surface area (Å²) in [5.74, 6) is -1.43. The van der Waals surface area contributed by atoms with Crippen LogP contribution in [0.5, 0.6) is 0 Å². The highest BCUT2D eigenvalue weighted by Gasteiger charge is 2.16. The zero-order valence-corrected chi connectivity index (χ0v) is 10.8. The monoisotopic (exact) mass is 290 g/mol. The first kappa shape index (κ1) is 12.6. The fourth-order valence-electron chi connectivity index (χ4n) is 2.02. The Labute approximate surface area is 117 Å². The van der Waals surface area contributed by atoms with Crippen molar-refractivity contribution in [2.24, 2.45) is 0 Å². The number of carbonyl (C=O) groups is 1. The van der Waals surface area contributed by atoms with Crippen molar-refractivity contribution in [3.05, 3.63) is 52.8 Å². The molecule has 0 aliphatic heterocycles. The molecule has 0 atom stereocenters. The molecular weight excluding hydrogens is 283 g/mol. The Kier molecular flexibility index (Phi) is 2.91. The van der Waals surface area contributed by atoms with Crippen LogP contribution in [0, 0.1) is 5.82 Å². The number of imidazole rings is 1. The summed E-state index contributed by atoms with van der Waals surface area (Å²) in [5, 5.41) is 9.10. The number of hydrogen-bond acceptors (Lipinski definition) is 2. The molecule has 3 rings (SSSR count). The lowest BCUT2D eigenvalue weighted by Gasteiger charge is -2.00.